The molecular weight excluding hydrogens is 386 g/mol. The Bertz CT molecular complexity index is 981. The van der Waals surface area contributed by atoms with Crippen molar-refractivity contribution in [3.05, 3.63) is 60.2 Å². The number of nitriles is 1. The lowest BCUT2D eigenvalue weighted by molar-refractivity contribution is -0.118. The van der Waals surface area contributed by atoms with Gasteiger partial charge in [0.05, 0.1) is 18.9 Å². The van der Waals surface area contributed by atoms with Crippen LogP contribution in [0.4, 0.5) is 0 Å². The highest BCUT2D eigenvalue weighted by Gasteiger charge is 2.16. The van der Waals surface area contributed by atoms with Crippen LogP contribution in [0.25, 0.3) is 11.4 Å². The Morgan fingerprint density at radius 3 is 2.62 bits per heavy atom. The van der Waals surface area contributed by atoms with Crippen molar-refractivity contribution >= 4 is 17.7 Å². The number of amides is 1. The Kier molecular flexibility index (Phi) is 7.25. The number of carbonyl (C=O) groups excluding carboxylic acids is 1. The molecule has 1 aromatic heterocycles. The first-order valence-corrected chi connectivity index (χ1v) is 10.1. The van der Waals surface area contributed by atoms with Gasteiger partial charge >= 0.3 is 0 Å². The van der Waals surface area contributed by atoms with Crippen molar-refractivity contribution in [3.63, 3.8) is 0 Å². The van der Waals surface area contributed by atoms with Crippen LogP contribution in [0.15, 0.2) is 59.8 Å². The summed E-state index contributed by atoms with van der Waals surface area (Å²) in [5.41, 5.74) is 2.14. The molecule has 0 spiro atoms. The molecule has 3 rings (SSSR count). The van der Waals surface area contributed by atoms with Gasteiger partial charge in [0.15, 0.2) is 11.0 Å². The molecule has 1 heterocycles. The van der Waals surface area contributed by atoms with Gasteiger partial charge in [-0.2, -0.15) is 5.26 Å². The Labute approximate surface area is 173 Å². The largest absolute Gasteiger partial charge is 0.497 e. The normalized spacial score (nSPS) is 10.3. The minimum Gasteiger partial charge on any atom is -0.497 e. The predicted octanol–water partition coefficient (Wildman–Crippen LogP) is 2.93. The molecule has 8 heteroatoms. The number of hydrogen-bond acceptors (Lipinski definition) is 6. The zero-order chi connectivity index (χ0) is 20.5. The highest BCUT2D eigenvalue weighted by Crippen LogP contribution is 2.26. The summed E-state index contributed by atoms with van der Waals surface area (Å²) >= 11 is 1.31. The van der Waals surface area contributed by atoms with Crippen LogP contribution >= 0.6 is 11.8 Å². The molecule has 2 aromatic carbocycles. The summed E-state index contributed by atoms with van der Waals surface area (Å²) in [6.07, 6.45) is 0.816. The van der Waals surface area contributed by atoms with Gasteiger partial charge in [-0.3, -0.25) is 4.79 Å². The first-order valence-electron chi connectivity index (χ1n) is 9.09. The van der Waals surface area contributed by atoms with Gasteiger partial charge in [0, 0.05) is 12.1 Å². The smallest absolute Gasteiger partial charge is 0.231 e. The van der Waals surface area contributed by atoms with Crippen LogP contribution in [0.1, 0.15) is 5.56 Å². The van der Waals surface area contributed by atoms with E-state index in [2.05, 4.69) is 27.6 Å². The second kappa shape index (κ2) is 10.3. The molecule has 29 heavy (non-hydrogen) atoms. The summed E-state index contributed by atoms with van der Waals surface area (Å²) in [6, 6.07) is 19.7. The highest BCUT2D eigenvalue weighted by molar-refractivity contribution is 7.99. The topological polar surface area (TPSA) is 92.8 Å². The average Bonchev–Trinajstić information content (AvgIpc) is 3.18. The molecule has 7 nitrogen and oxygen atoms in total. The molecule has 0 atom stereocenters. The number of aryl methyl sites for hydroxylation is 1. The van der Waals surface area contributed by atoms with Crippen molar-refractivity contribution in [1.29, 1.82) is 5.26 Å². The molecule has 0 saturated carbocycles. The molecule has 0 saturated heterocycles. The maximum absolute atomic E-state index is 11.9. The van der Waals surface area contributed by atoms with E-state index in [9.17, 15) is 4.79 Å². The predicted molar refractivity (Wildman–Crippen MR) is 112 cm³/mol. The molecule has 0 bridgehead atoms. The van der Waals surface area contributed by atoms with E-state index in [4.69, 9.17) is 10.00 Å². The molecule has 1 amide bonds. The summed E-state index contributed by atoms with van der Waals surface area (Å²) in [6.45, 7) is 0.678. The summed E-state index contributed by atoms with van der Waals surface area (Å²) in [4.78, 5) is 11.9. The van der Waals surface area contributed by atoms with E-state index in [-0.39, 0.29) is 18.2 Å². The lowest BCUT2D eigenvalue weighted by atomic mass is 10.1. The molecule has 0 unspecified atom stereocenters. The van der Waals surface area contributed by atoms with Crippen LogP contribution in [0.5, 0.6) is 5.75 Å². The summed E-state index contributed by atoms with van der Waals surface area (Å²) in [5.74, 6) is 1.48. The minimum absolute atomic E-state index is 0.00279. The van der Waals surface area contributed by atoms with E-state index >= 15 is 0 Å². The fraction of sp³-hybridized carbons (Fsp3) is 0.238. The van der Waals surface area contributed by atoms with Crippen molar-refractivity contribution in [2.45, 2.75) is 18.1 Å². The molecular formula is C21H21N5O2S. The third kappa shape index (κ3) is 5.59. The van der Waals surface area contributed by atoms with Crippen molar-refractivity contribution in [2.75, 3.05) is 19.4 Å². The van der Waals surface area contributed by atoms with Crippen LogP contribution in [-0.4, -0.2) is 40.1 Å². The van der Waals surface area contributed by atoms with Crippen molar-refractivity contribution in [1.82, 2.24) is 20.1 Å². The second-order valence-corrected chi connectivity index (χ2v) is 7.09. The minimum atomic E-state index is -0.208. The zero-order valence-corrected chi connectivity index (χ0v) is 16.9. The molecule has 0 radical (unpaired) electrons. The van der Waals surface area contributed by atoms with Gasteiger partial charge in [0.25, 0.3) is 0 Å². The number of rotatable bonds is 9. The summed E-state index contributed by atoms with van der Waals surface area (Å²) in [5, 5.41) is 20.4. The van der Waals surface area contributed by atoms with Gasteiger partial charge in [0.1, 0.15) is 12.3 Å². The van der Waals surface area contributed by atoms with Gasteiger partial charge in [-0.05, 0) is 36.2 Å². The average molecular weight is 407 g/mol. The Balaban J connectivity index is 1.81. The van der Waals surface area contributed by atoms with Crippen LogP contribution < -0.4 is 10.1 Å². The molecule has 0 aliphatic carbocycles. The van der Waals surface area contributed by atoms with Gasteiger partial charge in [-0.25, -0.2) is 0 Å². The van der Waals surface area contributed by atoms with E-state index < -0.39 is 0 Å². The van der Waals surface area contributed by atoms with Gasteiger partial charge < -0.3 is 14.6 Å². The molecule has 3 aromatic rings. The number of nitrogens with one attached hydrogen (secondary N) is 1. The van der Waals surface area contributed by atoms with Crippen LogP contribution in [0.3, 0.4) is 0 Å². The molecule has 0 aliphatic heterocycles. The van der Waals surface area contributed by atoms with Gasteiger partial charge in [0.2, 0.25) is 5.91 Å². The number of nitrogens with zero attached hydrogens (tertiary/aromatic N) is 4. The molecule has 0 aliphatic rings. The van der Waals surface area contributed by atoms with E-state index in [1.165, 1.54) is 17.3 Å². The fourth-order valence-electron chi connectivity index (χ4n) is 2.76. The number of methoxy groups -OCH3 is 1. The van der Waals surface area contributed by atoms with Crippen molar-refractivity contribution < 1.29 is 9.53 Å². The Hall–Kier alpha value is -3.31. The van der Waals surface area contributed by atoms with Gasteiger partial charge in [-0.15, -0.1) is 10.2 Å². The highest BCUT2D eigenvalue weighted by atomic mass is 32.2. The van der Waals surface area contributed by atoms with Crippen LogP contribution in [0.2, 0.25) is 0 Å². The lowest BCUT2D eigenvalue weighted by Gasteiger charge is -2.11. The van der Waals surface area contributed by atoms with E-state index in [0.717, 1.165) is 23.6 Å². The first-order chi connectivity index (χ1) is 14.2. The van der Waals surface area contributed by atoms with Crippen molar-refractivity contribution in [2.24, 2.45) is 0 Å². The van der Waals surface area contributed by atoms with E-state index in [1.54, 1.807) is 7.11 Å². The maximum atomic E-state index is 11.9. The number of benzene rings is 2. The van der Waals surface area contributed by atoms with Crippen molar-refractivity contribution in [3.8, 4) is 23.2 Å². The molecule has 0 fully saturated rings. The first kappa shape index (κ1) is 20.4. The standard InChI is InChI=1S/C21H21N5O2S/c1-28-18-9-7-17(8-10-18)20-24-25-21(29-15-19(27)23-13-12-22)26(20)14-11-16-5-3-2-4-6-16/h2-10H,11,13-15H2,1H3,(H,23,27). The number of hydrogen-bond donors (Lipinski definition) is 1. The van der Waals surface area contributed by atoms with Gasteiger partial charge in [-0.1, -0.05) is 42.1 Å². The third-order valence-corrected chi connectivity index (χ3v) is 5.20. The Morgan fingerprint density at radius 1 is 1.17 bits per heavy atom. The number of aromatic nitrogens is 3. The number of carbonyl (C=O) groups is 1. The summed E-state index contributed by atoms with van der Waals surface area (Å²) < 4.78 is 7.25. The molecule has 1 N–H and O–H groups in total. The Morgan fingerprint density at radius 2 is 1.93 bits per heavy atom. The molecule has 148 valence electrons. The fourth-order valence-corrected chi connectivity index (χ4v) is 3.55. The monoisotopic (exact) mass is 407 g/mol. The van der Waals surface area contributed by atoms with Crippen LogP contribution in [0, 0.1) is 11.3 Å². The maximum Gasteiger partial charge on any atom is 0.231 e. The SMILES string of the molecule is COc1ccc(-c2nnc(SCC(=O)NCC#N)n2CCc2ccccc2)cc1. The third-order valence-electron chi connectivity index (χ3n) is 4.23. The van der Waals surface area contributed by atoms with E-state index in [1.807, 2.05) is 53.1 Å². The zero-order valence-electron chi connectivity index (χ0n) is 16.0. The quantitative estimate of drug-likeness (QED) is 0.433. The van der Waals surface area contributed by atoms with E-state index in [0.29, 0.717) is 11.7 Å². The second-order valence-electron chi connectivity index (χ2n) is 6.15. The lowest BCUT2D eigenvalue weighted by Crippen LogP contribution is -2.25. The number of ether oxygens (including phenoxy) is 1. The number of thioether (sulfide) groups is 1. The summed E-state index contributed by atoms with van der Waals surface area (Å²) in [7, 11) is 1.63. The van der Waals surface area contributed by atoms with Crippen LogP contribution in [-0.2, 0) is 17.8 Å².